The van der Waals surface area contributed by atoms with Gasteiger partial charge in [0.15, 0.2) is 0 Å². The Bertz CT molecular complexity index is 392. The summed E-state index contributed by atoms with van der Waals surface area (Å²) in [6, 6.07) is 0.754. The Morgan fingerprint density at radius 3 is 2.84 bits per heavy atom. The van der Waals surface area contributed by atoms with Crippen LogP contribution in [0.1, 0.15) is 19.2 Å². The van der Waals surface area contributed by atoms with Gasteiger partial charge in [-0.1, -0.05) is 6.92 Å². The number of aryl methyl sites for hydroxylation is 1. The average molecular weight is 264 g/mol. The average Bonchev–Trinajstić information content (AvgIpc) is 2.82. The number of hydrogen-bond acceptors (Lipinski definition) is 5. The second kappa shape index (κ2) is 5.98. The molecule has 0 bridgehead atoms. The van der Waals surface area contributed by atoms with Crippen molar-refractivity contribution in [1.82, 2.24) is 29.9 Å². The van der Waals surface area contributed by atoms with Gasteiger partial charge >= 0.3 is 0 Å². The molecule has 0 aliphatic carbocycles. The molecule has 2 saturated heterocycles. The lowest BCUT2D eigenvalue weighted by Crippen LogP contribution is -2.62. The molecule has 1 N–H and O–H groups in total. The van der Waals surface area contributed by atoms with Crippen molar-refractivity contribution in [3.05, 3.63) is 12.2 Å². The van der Waals surface area contributed by atoms with Gasteiger partial charge in [0.1, 0.15) is 12.2 Å². The van der Waals surface area contributed by atoms with Crippen molar-refractivity contribution in [3.63, 3.8) is 0 Å². The highest BCUT2D eigenvalue weighted by atomic mass is 15.4. The van der Waals surface area contributed by atoms with E-state index in [1.54, 1.807) is 6.33 Å². The topological polar surface area (TPSA) is 49.2 Å². The molecule has 0 spiro atoms. The Hall–Kier alpha value is -0.980. The molecule has 2 aliphatic heterocycles. The van der Waals surface area contributed by atoms with Crippen LogP contribution in [0.15, 0.2) is 6.33 Å². The standard InChI is InChI=1S/C13H24N6/c1-2-5-19-13(15-11-16-19)10-17-8-12(9-17)18-6-3-14-4-7-18/h11-12,14H,2-10H2,1H3. The molecule has 0 aromatic carbocycles. The molecule has 0 amide bonds. The van der Waals surface area contributed by atoms with Gasteiger partial charge in [0.2, 0.25) is 0 Å². The summed E-state index contributed by atoms with van der Waals surface area (Å²) in [5.74, 6) is 1.11. The SMILES string of the molecule is CCCn1ncnc1CN1CC(N2CCNCC2)C1. The van der Waals surface area contributed by atoms with Crippen molar-refractivity contribution in [1.29, 1.82) is 0 Å². The zero-order valence-electron chi connectivity index (χ0n) is 11.8. The van der Waals surface area contributed by atoms with Crippen LogP contribution in [0, 0.1) is 0 Å². The van der Waals surface area contributed by atoms with Crippen molar-refractivity contribution in [3.8, 4) is 0 Å². The maximum atomic E-state index is 4.38. The van der Waals surface area contributed by atoms with E-state index in [0.717, 1.165) is 44.5 Å². The van der Waals surface area contributed by atoms with E-state index in [1.807, 2.05) is 4.68 Å². The molecule has 3 rings (SSSR count). The Balaban J connectivity index is 1.46. The lowest BCUT2D eigenvalue weighted by Gasteiger charge is -2.46. The largest absolute Gasteiger partial charge is 0.314 e. The van der Waals surface area contributed by atoms with Crippen LogP contribution in [0.25, 0.3) is 0 Å². The fraction of sp³-hybridized carbons (Fsp3) is 0.846. The molecule has 6 nitrogen and oxygen atoms in total. The minimum absolute atomic E-state index is 0.754. The molecular formula is C13H24N6. The highest BCUT2D eigenvalue weighted by Gasteiger charge is 2.32. The summed E-state index contributed by atoms with van der Waals surface area (Å²) in [5.41, 5.74) is 0. The number of aromatic nitrogens is 3. The molecule has 106 valence electrons. The third kappa shape index (κ3) is 2.96. The zero-order valence-corrected chi connectivity index (χ0v) is 11.8. The van der Waals surface area contributed by atoms with Crippen LogP contribution >= 0.6 is 0 Å². The van der Waals surface area contributed by atoms with Gasteiger partial charge in [-0.3, -0.25) is 9.80 Å². The quantitative estimate of drug-likeness (QED) is 0.797. The Kier molecular flexibility index (Phi) is 4.10. The van der Waals surface area contributed by atoms with Gasteiger partial charge in [-0.15, -0.1) is 0 Å². The smallest absolute Gasteiger partial charge is 0.141 e. The van der Waals surface area contributed by atoms with E-state index in [2.05, 4.69) is 32.1 Å². The van der Waals surface area contributed by atoms with Gasteiger partial charge in [-0.05, 0) is 6.42 Å². The zero-order chi connectivity index (χ0) is 13.1. The number of rotatable bonds is 5. The molecule has 3 heterocycles. The fourth-order valence-electron chi connectivity index (χ4n) is 2.96. The third-order valence-corrected chi connectivity index (χ3v) is 4.10. The summed E-state index contributed by atoms with van der Waals surface area (Å²) in [4.78, 5) is 9.47. The third-order valence-electron chi connectivity index (χ3n) is 4.10. The molecule has 2 aliphatic rings. The number of likely N-dealkylation sites (tertiary alicyclic amines) is 1. The first kappa shape index (κ1) is 13.0. The van der Waals surface area contributed by atoms with Crippen LogP contribution in [0.5, 0.6) is 0 Å². The summed E-state index contributed by atoms with van der Waals surface area (Å²) >= 11 is 0. The van der Waals surface area contributed by atoms with Crippen LogP contribution in [0.4, 0.5) is 0 Å². The number of piperazine rings is 1. The van der Waals surface area contributed by atoms with Gasteiger partial charge in [-0.25, -0.2) is 9.67 Å². The van der Waals surface area contributed by atoms with Crippen molar-refractivity contribution in [2.75, 3.05) is 39.3 Å². The number of hydrogen-bond donors (Lipinski definition) is 1. The molecule has 0 radical (unpaired) electrons. The maximum absolute atomic E-state index is 4.38. The minimum atomic E-state index is 0.754. The molecule has 0 unspecified atom stereocenters. The first-order valence-electron chi connectivity index (χ1n) is 7.40. The molecule has 19 heavy (non-hydrogen) atoms. The Morgan fingerprint density at radius 1 is 1.32 bits per heavy atom. The van der Waals surface area contributed by atoms with E-state index >= 15 is 0 Å². The lowest BCUT2D eigenvalue weighted by atomic mass is 10.1. The summed E-state index contributed by atoms with van der Waals surface area (Å²) in [6.45, 7) is 11.1. The van der Waals surface area contributed by atoms with Crippen molar-refractivity contribution >= 4 is 0 Å². The van der Waals surface area contributed by atoms with Crippen molar-refractivity contribution < 1.29 is 0 Å². The highest BCUT2D eigenvalue weighted by Crippen LogP contribution is 2.17. The van der Waals surface area contributed by atoms with E-state index in [4.69, 9.17) is 0 Å². The van der Waals surface area contributed by atoms with Gasteiger partial charge in [-0.2, -0.15) is 5.10 Å². The van der Waals surface area contributed by atoms with Crippen molar-refractivity contribution in [2.24, 2.45) is 0 Å². The molecule has 6 heteroatoms. The van der Waals surface area contributed by atoms with Gasteiger partial charge in [0.05, 0.1) is 6.54 Å². The second-order valence-electron chi connectivity index (χ2n) is 5.53. The van der Waals surface area contributed by atoms with E-state index in [9.17, 15) is 0 Å². The summed E-state index contributed by atoms with van der Waals surface area (Å²) in [7, 11) is 0. The van der Waals surface area contributed by atoms with Crippen LogP contribution in [0.3, 0.4) is 0 Å². The first-order valence-corrected chi connectivity index (χ1v) is 7.40. The first-order chi connectivity index (χ1) is 9.36. The normalized spacial score (nSPS) is 22.6. The monoisotopic (exact) mass is 264 g/mol. The lowest BCUT2D eigenvalue weighted by molar-refractivity contribution is 0.0200. The second-order valence-corrected chi connectivity index (χ2v) is 5.53. The maximum Gasteiger partial charge on any atom is 0.141 e. The highest BCUT2D eigenvalue weighted by molar-refractivity contribution is 4.94. The molecule has 1 aromatic heterocycles. The summed E-state index contributed by atoms with van der Waals surface area (Å²) in [6.07, 6.45) is 2.79. The molecule has 0 atom stereocenters. The minimum Gasteiger partial charge on any atom is -0.314 e. The van der Waals surface area contributed by atoms with E-state index in [1.165, 1.54) is 26.2 Å². The van der Waals surface area contributed by atoms with Gasteiger partial charge < -0.3 is 5.32 Å². The van der Waals surface area contributed by atoms with Crippen LogP contribution in [-0.2, 0) is 13.1 Å². The summed E-state index contributed by atoms with van der Waals surface area (Å²) in [5, 5.41) is 7.70. The molecule has 2 fully saturated rings. The Morgan fingerprint density at radius 2 is 2.11 bits per heavy atom. The molecule has 1 aromatic rings. The van der Waals surface area contributed by atoms with Crippen molar-refractivity contribution in [2.45, 2.75) is 32.5 Å². The Labute approximate surface area is 114 Å². The number of nitrogens with zero attached hydrogens (tertiary/aromatic N) is 5. The van der Waals surface area contributed by atoms with E-state index < -0.39 is 0 Å². The van der Waals surface area contributed by atoms with Gasteiger partial charge in [0.25, 0.3) is 0 Å². The van der Waals surface area contributed by atoms with Crippen LogP contribution in [-0.4, -0.2) is 69.9 Å². The fourth-order valence-corrected chi connectivity index (χ4v) is 2.96. The van der Waals surface area contributed by atoms with Crippen LogP contribution < -0.4 is 5.32 Å². The summed E-state index contributed by atoms with van der Waals surface area (Å²) < 4.78 is 2.04. The molecule has 0 saturated carbocycles. The predicted molar refractivity (Wildman–Crippen MR) is 73.8 cm³/mol. The van der Waals surface area contributed by atoms with E-state index in [-0.39, 0.29) is 0 Å². The number of nitrogens with one attached hydrogen (secondary N) is 1. The predicted octanol–water partition coefficient (Wildman–Crippen LogP) is -0.222. The van der Waals surface area contributed by atoms with Crippen LogP contribution in [0.2, 0.25) is 0 Å². The molecular weight excluding hydrogens is 240 g/mol. The van der Waals surface area contributed by atoms with Gasteiger partial charge in [0, 0.05) is 51.9 Å². The van der Waals surface area contributed by atoms with E-state index in [0.29, 0.717) is 0 Å².